The minimum atomic E-state index is -0.821. The van der Waals surface area contributed by atoms with Crippen LogP contribution in [0.3, 0.4) is 0 Å². The van der Waals surface area contributed by atoms with Crippen molar-refractivity contribution in [2.45, 2.75) is 19.3 Å². The number of anilines is 1. The lowest BCUT2D eigenvalue weighted by Crippen LogP contribution is -2.14. The number of amides is 1. The van der Waals surface area contributed by atoms with Crippen molar-refractivity contribution in [3.05, 3.63) is 88.8 Å². The first-order valence-corrected chi connectivity index (χ1v) is 10.7. The van der Waals surface area contributed by atoms with Crippen molar-refractivity contribution < 1.29 is 13.6 Å². The second-order valence-electron chi connectivity index (χ2n) is 7.31. The normalized spacial score (nSPS) is 12.6. The number of para-hydroxylation sites is 1. The number of fused-ring (bicyclic) bond motifs is 3. The SMILES string of the molecule is O=C(Nc1c(F)cccc1F)c1nc2c(s1)-c1cc(-c3ccncc3)ccc1CCC2. The van der Waals surface area contributed by atoms with Gasteiger partial charge in [-0.2, -0.15) is 0 Å². The number of carbonyl (C=O) groups excluding carboxylic acids is 1. The van der Waals surface area contributed by atoms with Crippen LogP contribution in [0.25, 0.3) is 21.6 Å². The molecule has 0 unspecified atom stereocenters. The highest BCUT2D eigenvalue weighted by Gasteiger charge is 2.23. The standard InChI is InChI=1S/C24H17F2N3OS/c25-18-4-2-5-19(26)21(18)29-23(30)24-28-20-6-1-3-15-7-8-16(13-17(15)22(20)31-24)14-9-11-27-12-10-14/h2,4-5,7-13H,1,3,6H2,(H,29,30). The highest BCUT2D eigenvalue weighted by Crippen LogP contribution is 2.39. The molecule has 5 rings (SSSR count). The summed E-state index contributed by atoms with van der Waals surface area (Å²) in [6.45, 7) is 0. The van der Waals surface area contributed by atoms with Gasteiger partial charge in [0.1, 0.15) is 17.3 Å². The number of pyridine rings is 1. The molecule has 0 aliphatic heterocycles. The van der Waals surface area contributed by atoms with E-state index in [1.807, 2.05) is 12.1 Å². The highest BCUT2D eigenvalue weighted by molar-refractivity contribution is 7.17. The Hall–Kier alpha value is -3.45. The van der Waals surface area contributed by atoms with Crippen LogP contribution < -0.4 is 5.32 Å². The Morgan fingerprint density at radius 3 is 2.52 bits per heavy atom. The van der Waals surface area contributed by atoms with Gasteiger partial charge >= 0.3 is 0 Å². The van der Waals surface area contributed by atoms with Gasteiger partial charge in [0.15, 0.2) is 5.01 Å². The van der Waals surface area contributed by atoms with E-state index < -0.39 is 23.2 Å². The van der Waals surface area contributed by atoms with Crippen LogP contribution >= 0.6 is 11.3 Å². The van der Waals surface area contributed by atoms with Crippen molar-refractivity contribution in [1.82, 2.24) is 9.97 Å². The zero-order valence-corrected chi connectivity index (χ0v) is 17.2. The minimum absolute atomic E-state index is 0.190. The predicted molar refractivity (Wildman–Crippen MR) is 117 cm³/mol. The molecule has 0 saturated heterocycles. The lowest BCUT2D eigenvalue weighted by Gasteiger charge is -2.09. The van der Waals surface area contributed by atoms with Gasteiger partial charge in [0, 0.05) is 12.4 Å². The average Bonchev–Trinajstić information content (AvgIpc) is 3.14. The van der Waals surface area contributed by atoms with E-state index >= 15 is 0 Å². The third-order valence-electron chi connectivity index (χ3n) is 5.32. The summed E-state index contributed by atoms with van der Waals surface area (Å²) < 4.78 is 27.9. The van der Waals surface area contributed by atoms with Crippen molar-refractivity contribution in [1.29, 1.82) is 0 Å². The van der Waals surface area contributed by atoms with Crippen LogP contribution in [0.5, 0.6) is 0 Å². The number of hydrogen-bond acceptors (Lipinski definition) is 4. The van der Waals surface area contributed by atoms with Gasteiger partial charge in [-0.1, -0.05) is 18.2 Å². The molecule has 0 radical (unpaired) electrons. The number of benzene rings is 2. The lowest BCUT2D eigenvalue weighted by atomic mass is 9.98. The van der Waals surface area contributed by atoms with Gasteiger partial charge < -0.3 is 5.32 Å². The number of aryl methyl sites for hydroxylation is 2. The molecule has 154 valence electrons. The maximum absolute atomic E-state index is 13.9. The van der Waals surface area contributed by atoms with Gasteiger partial charge in [0.25, 0.3) is 5.91 Å². The summed E-state index contributed by atoms with van der Waals surface area (Å²) >= 11 is 1.25. The first kappa shape index (κ1) is 19.5. The van der Waals surface area contributed by atoms with E-state index in [1.54, 1.807) is 12.4 Å². The molecule has 1 aliphatic rings. The Kier molecular flexibility index (Phi) is 5.03. The zero-order chi connectivity index (χ0) is 21.4. The largest absolute Gasteiger partial charge is 0.315 e. The Labute approximate surface area is 181 Å². The van der Waals surface area contributed by atoms with Crippen molar-refractivity contribution in [2.75, 3.05) is 5.32 Å². The van der Waals surface area contributed by atoms with Crippen LogP contribution in [0.4, 0.5) is 14.5 Å². The summed E-state index contributed by atoms with van der Waals surface area (Å²) in [6, 6.07) is 13.7. The number of nitrogens with one attached hydrogen (secondary N) is 1. The van der Waals surface area contributed by atoms with Gasteiger partial charge in [-0.15, -0.1) is 11.3 Å². The van der Waals surface area contributed by atoms with Crippen molar-refractivity contribution in [2.24, 2.45) is 0 Å². The molecule has 31 heavy (non-hydrogen) atoms. The van der Waals surface area contributed by atoms with Crippen molar-refractivity contribution in [3.63, 3.8) is 0 Å². The molecule has 0 fully saturated rings. The van der Waals surface area contributed by atoms with Gasteiger partial charge in [-0.25, -0.2) is 13.8 Å². The monoisotopic (exact) mass is 433 g/mol. The topological polar surface area (TPSA) is 54.9 Å². The van der Waals surface area contributed by atoms with E-state index in [0.29, 0.717) is 0 Å². The Morgan fingerprint density at radius 1 is 0.968 bits per heavy atom. The molecule has 1 aliphatic carbocycles. The number of hydrogen-bond donors (Lipinski definition) is 1. The summed E-state index contributed by atoms with van der Waals surface area (Å²) in [4.78, 5) is 22.2. The van der Waals surface area contributed by atoms with Gasteiger partial charge in [-0.3, -0.25) is 9.78 Å². The molecule has 1 N–H and O–H groups in total. The number of halogens is 2. The first-order valence-electron chi connectivity index (χ1n) is 9.89. The summed E-state index contributed by atoms with van der Waals surface area (Å²) in [6.07, 6.45) is 6.09. The van der Waals surface area contributed by atoms with E-state index in [2.05, 4.69) is 33.5 Å². The number of aromatic nitrogens is 2. The smallest absolute Gasteiger partial charge is 0.284 e. The quantitative estimate of drug-likeness (QED) is 0.438. The first-order chi connectivity index (χ1) is 15.1. The summed E-state index contributed by atoms with van der Waals surface area (Å²) in [7, 11) is 0. The van der Waals surface area contributed by atoms with Crippen molar-refractivity contribution in [3.8, 4) is 21.6 Å². The number of carbonyl (C=O) groups is 1. The Bertz CT molecular complexity index is 1270. The summed E-state index contributed by atoms with van der Waals surface area (Å²) in [5.74, 6) is -2.26. The lowest BCUT2D eigenvalue weighted by molar-refractivity contribution is 0.102. The maximum Gasteiger partial charge on any atom is 0.284 e. The summed E-state index contributed by atoms with van der Waals surface area (Å²) in [5, 5.41) is 2.52. The minimum Gasteiger partial charge on any atom is -0.315 e. The molecule has 2 aromatic carbocycles. The van der Waals surface area contributed by atoms with Crippen LogP contribution in [0.2, 0.25) is 0 Å². The maximum atomic E-state index is 13.9. The van der Waals surface area contributed by atoms with Crippen LogP contribution in [-0.2, 0) is 12.8 Å². The second kappa shape index (κ2) is 8.00. The second-order valence-corrected chi connectivity index (χ2v) is 8.31. The number of thiazole rings is 1. The fourth-order valence-electron chi connectivity index (χ4n) is 3.79. The summed E-state index contributed by atoms with van der Waals surface area (Å²) in [5.41, 5.74) is 4.75. The van der Waals surface area contributed by atoms with E-state index in [-0.39, 0.29) is 5.01 Å². The van der Waals surface area contributed by atoms with E-state index in [0.717, 1.165) is 58.7 Å². The molecule has 2 aromatic heterocycles. The molecule has 0 saturated carbocycles. The number of rotatable bonds is 3. The molecule has 1 amide bonds. The molecular weight excluding hydrogens is 416 g/mol. The van der Waals surface area contributed by atoms with E-state index in [4.69, 9.17) is 0 Å². The highest BCUT2D eigenvalue weighted by atomic mass is 32.1. The van der Waals surface area contributed by atoms with Crippen LogP contribution in [0.1, 0.15) is 27.5 Å². The van der Waals surface area contributed by atoms with Crippen LogP contribution in [0.15, 0.2) is 60.9 Å². The van der Waals surface area contributed by atoms with Crippen LogP contribution in [-0.4, -0.2) is 15.9 Å². The predicted octanol–water partition coefficient (Wildman–Crippen LogP) is 5.89. The number of nitrogens with zero attached hydrogens (tertiary/aromatic N) is 2. The fourth-order valence-corrected chi connectivity index (χ4v) is 4.85. The molecule has 4 aromatic rings. The fraction of sp³-hybridized carbons (Fsp3) is 0.125. The molecule has 2 heterocycles. The third-order valence-corrected chi connectivity index (χ3v) is 6.45. The molecular formula is C24H17F2N3OS. The van der Waals surface area contributed by atoms with E-state index in [1.165, 1.54) is 23.0 Å². The van der Waals surface area contributed by atoms with Gasteiger partial charge in [-0.05, 0) is 71.8 Å². The van der Waals surface area contributed by atoms with E-state index in [9.17, 15) is 13.6 Å². The van der Waals surface area contributed by atoms with Gasteiger partial charge in [0.05, 0.1) is 10.6 Å². The molecule has 4 nitrogen and oxygen atoms in total. The zero-order valence-electron chi connectivity index (χ0n) is 16.4. The van der Waals surface area contributed by atoms with Crippen LogP contribution in [0, 0.1) is 11.6 Å². The molecule has 0 bridgehead atoms. The Morgan fingerprint density at radius 2 is 1.74 bits per heavy atom. The van der Waals surface area contributed by atoms with Gasteiger partial charge in [0.2, 0.25) is 0 Å². The molecule has 7 heteroatoms. The Balaban J connectivity index is 1.53. The third kappa shape index (κ3) is 3.72. The average molecular weight is 433 g/mol. The molecule has 0 spiro atoms. The van der Waals surface area contributed by atoms with Crippen molar-refractivity contribution >= 4 is 22.9 Å². The molecule has 0 atom stereocenters.